The predicted octanol–water partition coefficient (Wildman–Crippen LogP) is 0.184. The van der Waals surface area contributed by atoms with E-state index in [4.69, 9.17) is 0 Å². The maximum absolute atomic E-state index is 11.5. The first-order valence-electron chi connectivity index (χ1n) is 5.49. The number of sulfonamides is 1. The zero-order valence-electron chi connectivity index (χ0n) is 10.1. The number of nitrogens with one attached hydrogen (secondary N) is 1. The van der Waals surface area contributed by atoms with Crippen molar-refractivity contribution in [1.29, 1.82) is 0 Å². The molecule has 0 aliphatic carbocycles. The standard InChI is InChI=1S/C10H20N2O3S/c1-10(2,3)9(13)11-5-7-12-6-4-8-16(12,14)15/h4-8H2,1-3H3,(H,11,13). The molecule has 1 rings (SSSR count). The third kappa shape index (κ3) is 3.45. The van der Waals surface area contributed by atoms with Gasteiger partial charge < -0.3 is 5.32 Å². The van der Waals surface area contributed by atoms with E-state index in [9.17, 15) is 13.2 Å². The number of carbonyl (C=O) groups excluding carboxylic acids is 1. The van der Waals surface area contributed by atoms with Gasteiger partial charge in [-0.1, -0.05) is 20.8 Å². The van der Waals surface area contributed by atoms with Gasteiger partial charge in [0.1, 0.15) is 0 Å². The molecule has 0 aromatic heterocycles. The Morgan fingerprint density at radius 2 is 2.00 bits per heavy atom. The van der Waals surface area contributed by atoms with Gasteiger partial charge in [0.15, 0.2) is 0 Å². The van der Waals surface area contributed by atoms with Crippen molar-refractivity contribution in [3.8, 4) is 0 Å². The Labute approximate surface area is 97.2 Å². The Balaban J connectivity index is 2.34. The molecule has 1 aliphatic rings. The minimum atomic E-state index is -3.04. The van der Waals surface area contributed by atoms with Crippen molar-refractivity contribution in [2.75, 3.05) is 25.4 Å². The number of amides is 1. The van der Waals surface area contributed by atoms with E-state index in [1.807, 2.05) is 20.8 Å². The van der Waals surface area contributed by atoms with Gasteiger partial charge in [0.2, 0.25) is 15.9 Å². The number of hydrogen-bond donors (Lipinski definition) is 1. The molecule has 1 N–H and O–H groups in total. The molecule has 0 saturated carbocycles. The lowest BCUT2D eigenvalue weighted by atomic mass is 9.96. The van der Waals surface area contributed by atoms with Crippen LogP contribution in [-0.2, 0) is 14.8 Å². The maximum Gasteiger partial charge on any atom is 0.225 e. The molecular formula is C10H20N2O3S. The van der Waals surface area contributed by atoms with E-state index in [0.717, 1.165) is 0 Å². The maximum atomic E-state index is 11.5. The molecule has 5 nitrogen and oxygen atoms in total. The van der Waals surface area contributed by atoms with Crippen molar-refractivity contribution >= 4 is 15.9 Å². The van der Waals surface area contributed by atoms with Gasteiger partial charge in [0.25, 0.3) is 0 Å². The van der Waals surface area contributed by atoms with Gasteiger partial charge in [0.05, 0.1) is 5.75 Å². The van der Waals surface area contributed by atoms with Crippen molar-refractivity contribution in [3.05, 3.63) is 0 Å². The Morgan fingerprint density at radius 1 is 1.38 bits per heavy atom. The van der Waals surface area contributed by atoms with Crippen LogP contribution < -0.4 is 5.32 Å². The Bertz CT molecular complexity index is 357. The molecule has 1 aliphatic heterocycles. The second-order valence-corrected chi connectivity index (χ2v) is 7.16. The highest BCUT2D eigenvalue weighted by Gasteiger charge is 2.28. The van der Waals surface area contributed by atoms with Crippen molar-refractivity contribution in [2.45, 2.75) is 27.2 Å². The second-order valence-electron chi connectivity index (χ2n) is 5.07. The fourth-order valence-electron chi connectivity index (χ4n) is 1.50. The fraction of sp³-hybridized carbons (Fsp3) is 0.900. The molecule has 94 valence electrons. The minimum Gasteiger partial charge on any atom is -0.354 e. The first-order chi connectivity index (χ1) is 7.23. The summed E-state index contributed by atoms with van der Waals surface area (Å²) in [5.74, 6) is 0.185. The van der Waals surface area contributed by atoms with Gasteiger partial charge >= 0.3 is 0 Å². The third-order valence-corrected chi connectivity index (χ3v) is 4.49. The fourth-order valence-corrected chi connectivity index (χ4v) is 3.03. The van der Waals surface area contributed by atoms with Crippen LogP contribution in [-0.4, -0.2) is 44.0 Å². The van der Waals surface area contributed by atoms with E-state index < -0.39 is 15.4 Å². The topological polar surface area (TPSA) is 66.5 Å². The van der Waals surface area contributed by atoms with Crippen molar-refractivity contribution < 1.29 is 13.2 Å². The zero-order chi connectivity index (χ0) is 12.4. The SMILES string of the molecule is CC(C)(C)C(=O)NCCN1CCCS1(=O)=O. The Kier molecular flexibility index (Phi) is 3.96. The van der Waals surface area contributed by atoms with E-state index in [1.54, 1.807) is 0 Å². The van der Waals surface area contributed by atoms with E-state index in [1.165, 1.54) is 4.31 Å². The van der Waals surface area contributed by atoms with Crippen molar-refractivity contribution in [2.24, 2.45) is 5.41 Å². The first-order valence-corrected chi connectivity index (χ1v) is 7.10. The lowest BCUT2D eigenvalue weighted by Crippen LogP contribution is -2.40. The summed E-state index contributed by atoms with van der Waals surface area (Å²) in [6, 6.07) is 0. The molecule has 1 saturated heterocycles. The minimum absolute atomic E-state index is 0.0518. The first kappa shape index (κ1) is 13.4. The zero-order valence-corrected chi connectivity index (χ0v) is 10.9. The summed E-state index contributed by atoms with van der Waals surface area (Å²) >= 11 is 0. The van der Waals surface area contributed by atoms with E-state index in [-0.39, 0.29) is 11.7 Å². The molecule has 1 amide bonds. The van der Waals surface area contributed by atoms with Crippen LogP contribution in [0, 0.1) is 5.41 Å². The summed E-state index contributed by atoms with van der Waals surface area (Å²) in [7, 11) is -3.04. The molecule has 6 heteroatoms. The lowest BCUT2D eigenvalue weighted by molar-refractivity contribution is -0.128. The lowest BCUT2D eigenvalue weighted by Gasteiger charge is -2.19. The summed E-state index contributed by atoms with van der Waals surface area (Å²) < 4.78 is 24.3. The van der Waals surface area contributed by atoms with Gasteiger partial charge in [-0.2, -0.15) is 0 Å². The van der Waals surface area contributed by atoms with Gasteiger partial charge in [-0.05, 0) is 6.42 Å². The van der Waals surface area contributed by atoms with Crippen LogP contribution in [0.4, 0.5) is 0 Å². The molecule has 1 heterocycles. The van der Waals surface area contributed by atoms with E-state index in [2.05, 4.69) is 5.32 Å². The third-order valence-electron chi connectivity index (χ3n) is 2.53. The van der Waals surface area contributed by atoms with Gasteiger partial charge in [-0.15, -0.1) is 0 Å². The predicted molar refractivity (Wildman–Crippen MR) is 62.4 cm³/mol. The van der Waals surface area contributed by atoms with Crippen LogP contribution in [0.15, 0.2) is 0 Å². The molecule has 0 bridgehead atoms. The Morgan fingerprint density at radius 3 is 2.44 bits per heavy atom. The average Bonchev–Trinajstić information content (AvgIpc) is 2.44. The van der Waals surface area contributed by atoms with Crippen LogP contribution >= 0.6 is 0 Å². The summed E-state index contributed by atoms with van der Waals surface area (Å²) in [5.41, 5.74) is -0.427. The molecular weight excluding hydrogens is 228 g/mol. The van der Waals surface area contributed by atoms with Gasteiger partial charge in [-0.3, -0.25) is 4.79 Å². The van der Waals surface area contributed by atoms with Crippen LogP contribution in [0.2, 0.25) is 0 Å². The van der Waals surface area contributed by atoms with Crippen molar-refractivity contribution in [3.63, 3.8) is 0 Å². The normalized spacial score (nSPS) is 20.9. The molecule has 1 fully saturated rings. The Hall–Kier alpha value is -0.620. The highest BCUT2D eigenvalue weighted by Crippen LogP contribution is 2.13. The molecule has 0 aromatic carbocycles. The molecule has 0 radical (unpaired) electrons. The van der Waals surface area contributed by atoms with Crippen molar-refractivity contribution in [1.82, 2.24) is 9.62 Å². The summed E-state index contributed by atoms with van der Waals surface area (Å²) in [6.45, 7) is 6.83. The highest BCUT2D eigenvalue weighted by molar-refractivity contribution is 7.89. The number of nitrogens with zero attached hydrogens (tertiary/aromatic N) is 1. The van der Waals surface area contributed by atoms with E-state index >= 15 is 0 Å². The summed E-state index contributed by atoms with van der Waals surface area (Å²) in [6.07, 6.45) is 0.690. The molecule has 0 unspecified atom stereocenters. The van der Waals surface area contributed by atoms with Crippen LogP contribution in [0.5, 0.6) is 0 Å². The average molecular weight is 248 g/mol. The molecule has 0 spiro atoms. The number of hydrogen-bond acceptors (Lipinski definition) is 3. The smallest absolute Gasteiger partial charge is 0.225 e. The molecule has 0 aromatic rings. The van der Waals surface area contributed by atoms with Crippen LogP contribution in [0.1, 0.15) is 27.2 Å². The summed E-state index contributed by atoms with van der Waals surface area (Å²) in [4.78, 5) is 11.5. The monoisotopic (exact) mass is 248 g/mol. The highest BCUT2D eigenvalue weighted by atomic mass is 32.2. The molecule has 0 atom stereocenters. The van der Waals surface area contributed by atoms with Gasteiger partial charge in [-0.25, -0.2) is 12.7 Å². The van der Waals surface area contributed by atoms with Crippen LogP contribution in [0.25, 0.3) is 0 Å². The quantitative estimate of drug-likeness (QED) is 0.775. The van der Waals surface area contributed by atoms with Crippen LogP contribution in [0.3, 0.4) is 0 Å². The van der Waals surface area contributed by atoms with E-state index in [0.29, 0.717) is 26.1 Å². The van der Waals surface area contributed by atoms with Gasteiger partial charge in [0, 0.05) is 25.0 Å². The second kappa shape index (κ2) is 4.71. The molecule has 16 heavy (non-hydrogen) atoms. The summed E-state index contributed by atoms with van der Waals surface area (Å²) in [5, 5.41) is 2.74. The number of rotatable bonds is 3. The largest absolute Gasteiger partial charge is 0.354 e. The number of carbonyl (C=O) groups is 1.